The fraction of sp³-hybridized carbons (Fsp3) is 0.208. The lowest BCUT2D eigenvalue weighted by Gasteiger charge is -2.18. The first-order chi connectivity index (χ1) is 16.3. The third-order valence-corrected chi connectivity index (χ3v) is 5.42. The van der Waals surface area contributed by atoms with Gasteiger partial charge in [0.1, 0.15) is 22.8 Å². The number of nitrogens with zero attached hydrogens (tertiary/aromatic N) is 3. The SMILES string of the molecule is CCOC(=O)c1c(-c2ccc(Cl)cc2)noc1-c1cnn(-c2ccc(F)cc2)c1C(F)(F)CC. The first-order valence-corrected chi connectivity index (χ1v) is 10.8. The molecule has 4 rings (SSSR count). The number of hydrogen-bond acceptors (Lipinski definition) is 5. The fourth-order valence-electron chi connectivity index (χ4n) is 3.48. The van der Waals surface area contributed by atoms with Crippen molar-refractivity contribution in [1.29, 1.82) is 0 Å². The molecule has 2 aromatic carbocycles. The van der Waals surface area contributed by atoms with E-state index in [1.165, 1.54) is 19.1 Å². The molecule has 2 heterocycles. The van der Waals surface area contributed by atoms with E-state index in [1.807, 2.05) is 0 Å². The molecule has 0 atom stereocenters. The van der Waals surface area contributed by atoms with Crippen molar-refractivity contribution in [3.8, 4) is 28.3 Å². The predicted octanol–water partition coefficient (Wildman–Crippen LogP) is 6.67. The van der Waals surface area contributed by atoms with Crippen LogP contribution in [0.1, 0.15) is 36.3 Å². The normalized spacial score (nSPS) is 11.6. The zero-order valence-corrected chi connectivity index (χ0v) is 18.9. The van der Waals surface area contributed by atoms with Crippen molar-refractivity contribution in [2.45, 2.75) is 26.2 Å². The summed E-state index contributed by atoms with van der Waals surface area (Å²) >= 11 is 5.96. The number of alkyl halides is 2. The summed E-state index contributed by atoms with van der Waals surface area (Å²) in [5.41, 5.74) is 0.0439. The number of hydrogen-bond donors (Lipinski definition) is 0. The summed E-state index contributed by atoms with van der Waals surface area (Å²) < 4.78 is 55.5. The Labute approximate surface area is 197 Å². The molecule has 6 nitrogen and oxygen atoms in total. The molecule has 0 bridgehead atoms. The Morgan fingerprint density at radius 2 is 1.79 bits per heavy atom. The minimum Gasteiger partial charge on any atom is -0.462 e. The highest BCUT2D eigenvalue weighted by molar-refractivity contribution is 6.30. The van der Waals surface area contributed by atoms with Crippen molar-refractivity contribution >= 4 is 17.6 Å². The molecule has 176 valence electrons. The van der Waals surface area contributed by atoms with Gasteiger partial charge in [0.25, 0.3) is 5.92 Å². The zero-order valence-electron chi connectivity index (χ0n) is 18.2. The summed E-state index contributed by atoms with van der Waals surface area (Å²) in [5.74, 6) is -4.88. The average Bonchev–Trinajstić information content (AvgIpc) is 3.45. The molecule has 0 saturated heterocycles. The van der Waals surface area contributed by atoms with E-state index in [0.717, 1.165) is 23.0 Å². The van der Waals surface area contributed by atoms with E-state index >= 15 is 8.78 Å². The van der Waals surface area contributed by atoms with Gasteiger partial charge in [-0.25, -0.2) is 13.9 Å². The van der Waals surface area contributed by atoms with Gasteiger partial charge in [-0.3, -0.25) is 0 Å². The molecule has 0 fully saturated rings. The first kappa shape index (κ1) is 23.6. The summed E-state index contributed by atoms with van der Waals surface area (Å²) in [6, 6.07) is 11.4. The second-order valence-electron chi connectivity index (χ2n) is 7.32. The zero-order chi connectivity index (χ0) is 24.5. The van der Waals surface area contributed by atoms with Gasteiger partial charge in [0.05, 0.1) is 24.1 Å². The highest BCUT2D eigenvalue weighted by Crippen LogP contribution is 2.42. The molecule has 0 spiro atoms. The molecule has 2 aromatic heterocycles. The number of halogens is 4. The highest BCUT2D eigenvalue weighted by Gasteiger charge is 2.40. The van der Waals surface area contributed by atoms with Gasteiger partial charge in [0.15, 0.2) is 5.76 Å². The van der Waals surface area contributed by atoms with Crippen LogP contribution in [0.3, 0.4) is 0 Å². The molecular formula is C24H19ClF3N3O3. The van der Waals surface area contributed by atoms with Gasteiger partial charge in [-0.2, -0.15) is 13.9 Å². The van der Waals surface area contributed by atoms with Crippen molar-refractivity contribution in [2.24, 2.45) is 0 Å². The number of ether oxygens (including phenoxy) is 1. The molecule has 0 N–H and O–H groups in total. The maximum atomic E-state index is 15.2. The maximum Gasteiger partial charge on any atom is 0.344 e. The van der Waals surface area contributed by atoms with Gasteiger partial charge in [-0.15, -0.1) is 0 Å². The Kier molecular flexibility index (Phi) is 6.47. The molecule has 0 aliphatic carbocycles. The van der Waals surface area contributed by atoms with Gasteiger partial charge in [0.2, 0.25) is 0 Å². The van der Waals surface area contributed by atoms with Crippen molar-refractivity contribution in [3.63, 3.8) is 0 Å². The van der Waals surface area contributed by atoms with E-state index in [4.69, 9.17) is 20.9 Å². The molecule has 0 saturated carbocycles. The van der Waals surface area contributed by atoms with Gasteiger partial charge >= 0.3 is 5.97 Å². The number of aromatic nitrogens is 3. The van der Waals surface area contributed by atoms with Crippen LogP contribution in [0.2, 0.25) is 5.02 Å². The van der Waals surface area contributed by atoms with E-state index in [-0.39, 0.29) is 34.9 Å². The maximum absolute atomic E-state index is 15.2. The predicted molar refractivity (Wildman–Crippen MR) is 120 cm³/mol. The van der Waals surface area contributed by atoms with Crippen molar-refractivity contribution < 1.29 is 27.2 Å². The second kappa shape index (κ2) is 9.34. The molecule has 34 heavy (non-hydrogen) atoms. The third-order valence-electron chi connectivity index (χ3n) is 5.16. The fourth-order valence-corrected chi connectivity index (χ4v) is 3.61. The van der Waals surface area contributed by atoms with Crippen LogP contribution in [0, 0.1) is 5.82 Å². The van der Waals surface area contributed by atoms with Crippen LogP contribution in [0.4, 0.5) is 13.2 Å². The van der Waals surface area contributed by atoms with E-state index in [2.05, 4.69) is 10.3 Å². The van der Waals surface area contributed by atoms with Crippen molar-refractivity contribution in [2.75, 3.05) is 6.61 Å². The lowest BCUT2D eigenvalue weighted by Crippen LogP contribution is -2.19. The van der Waals surface area contributed by atoms with Crippen LogP contribution in [-0.2, 0) is 10.7 Å². The number of carbonyl (C=O) groups excluding carboxylic acids is 1. The van der Waals surface area contributed by atoms with E-state index in [1.54, 1.807) is 31.2 Å². The van der Waals surface area contributed by atoms with Crippen LogP contribution in [0.5, 0.6) is 0 Å². The Bertz CT molecular complexity index is 1320. The molecule has 0 aliphatic heterocycles. The lowest BCUT2D eigenvalue weighted by atomic mass is 10.00. The monoisotopic (exact) mass is 489 g/mol. The minimum atomic E-state index is -3.36. The van der Waals surface area contributed by atoms with Crippen LogP contribution in [-0.4, -0.2) is 27.5 Å². The van der Waals surface area contributed by atoms with Gasteiger partial charge in [-0.05, 0) is 43.3 Å². The smallest absolute Gasteiger partial charge is 0.344 e. The number of benzene rings is 2. The van der Waals surface area contributed by atoms with Crippen LogP contribution < -0.4 is 0 Å². The summed E-state index contributed by atoms with van der Waals surface area (Å²) in [6.07, 6.45) is 0.608. The average molecular weight is 490 g/mol. The van der Waals surface area contributed by atoms with Crippen LogP contribution in [0.15, 0.2) is 59.3 Å². The standard InChI is InChI=1S/C24H19ClF3N3O3/c1-3-24(27,28)22-18(13-29-31(22)17-11-9-16(26)10-12-17)21-19(23(32)33-4-2)20(30-34-21)14-5-7-15(25)8-6-14/h5-13H,3-4H2,1-2H3. The van der Waals surface area contributed by atoms with Crippen LogP contribution >= 0.6 is 11.6 Å². The third kappa shape index (κ3) is 4.31. The van der Waals surface area contributed by atoms with Crippen LogP contribution in [0.25, 0.3) is 28.3 Å². The molecule has 10 heteroatoms. The number of rotatable bonds is 7. The molecule has 0 amide bonds. The first-order valence-electron chi connectivity index (χ1n) is 10.4. The Morgan fingerprint density at radius 3 is 2.41 bits per heavy atom. The second-order valence-corrected chi connectivity index (χ2v) is 7.75. The summed E-state index contributed by atoms with van der Waals surface area (Å²) in [4.78, 5) is 12.9. The molecular weight excluding hydrogens is 471 g/mol. The number of esters is 1. The largest absolute Gasteiger partial charge is 0.462 e. The lowest BCUT2D eigenvalue weighted by molar-refractivity contribution is -0.0146. The summed E-state index contributed by atoms with van der Waals surface area (Å²) in [6.45, 7) is 2.99. The molecule has 0 radical (unpaired) electrons. The van der Waals surface area contributed by atoms with Crippen molar-refractivity contribution in [1.82, 2.24) is 14.9 Å². The Hall–Kier alpha value is -3.59. The highest BCUT2D eigenvalue weighted by atomic mass is 35.5. The quantitative estimate of drug-likeness (QED) is 0.271. The topological polar surface area (TPSA) is 70.2 Å². The van der Waals surface area contributed by atoms with E-state index in [9.17, 15) is 9.18 Å². The Morgan fingerprint density at radius 1 is 1.12 bits per heavy atom. The molecule has 0 aliphatic rings. The van der Waals surface area contributed by atoms with E-state index < -0.39 is 29.8 Å². The molecule has 4 aromatic rings. The number of carbonyl (C=O) groups is 1. The van der Waals surface area contributed by atoms with Gasteiger partial charge < -0.3 is 9.26 Å². The van der Waals surface area contributed by atoms with Gasteiger partial charge in [-0.1, -0.05) is 35.8 Å². The summed E-state index contributed by atoms with van der Waals surface area (Å²) in [5, 5.41) is 8.56. The van der Waals surface area contributed by atoms with Crippen molar-refractivity contribution in [3.05, 3.63) is 76.8 Å². The minimum absolute atomic E-state index is 0.0519. The molecule has 0 unspecified atom stereocenters. The van der Waals surface area contributed by atoms with Gasteiger partial charge in [0, 0.05) is 17.0 Å². The Balaban J connectivity index is 1.96. The summed E-state index contributed by atoms with van der Waals surface area (Å²) in [7, 11) is 0. The van der Waals surface area contributed by atoms with E-state index in [0.29, 0.717) is 10.6 Å².